The summed E-state index contributed by atoms with van der Waals surface area (Å²) >= 11 is 12.2. The largest absolute Gasteiger partial charge is 0.325 e. The fraction of sp³-hybridized carbons (Fsp3) is 0.316. The number of benzene rings is 2. The van der Waals surface area contributed by atoms with Crippen LogP contribution in [0.15, 0.2) is 42.5 Å². The number of rotatable bonds is 6. The molecular formula is C19H22Cl2N2O. The SMILES string of the molecule is CCc1ccccc1NC(=O)CN(C)C(C)c1ccc(Cl)cc1Cl. The molecule has 5 heteroatoms. The molecule has 0 heterocycles. The Morgan fingerprint density at radius 1 is 1.21 bits per heavy atom. The van der Waals surface area contributed by atoms with Crippen LogP contribution in [0.5, 0.6) is 0 Å². The molecule has 0 aliphatic heterocycles. The maximum absolute atomic E-state index is 12.4. The standard InChI is InChI=1S/C19H22Cl2N2O/c1-4-14-7-5-6-8-18(14)22-19(24)12-23(3)13(2)16-10-9-15(20)11-17(16)21/h5-11,13H,4,12H2,1-3H3,(H,22,24). The molecule has 0 aromatic heterocycles. The van der Waals surface area contributed by atoms with Crippen LogP contribution in [0.4, 0.5) is 5.69 Å². The number of carbonyl (C=O) groups is 1. The van der Waals surface area contributed by atoms with Gasteiger partial charge in [-0.1, -0.05) is 54.4 Å². The van der Waals surface area contributed by atoms with Gasteiger partial charge in [0.1, 0.15) is 0 Å². The summed E-state index contributed by atoms with van der Waals surface area (Å²) in [7, 11) is 1.90. The van der Waals surface area contributed by atoms with Gasteiger partial charge in [-0.25, -0.2) is 0 Å². The van der Waals surface area contributed by atoms with E-state index in [2.05, 4.69) is 12.2 Å². The number of hydrogen-bond acceptors (Lipinski definition) is 2. The van der Waals surface area contributed by atoms with Gasteiger partial charge in [0.25, 0.3) is 0 Å². The molecular weight excluding hydrogens is 343 g/mol. The third kappa shape index (κ3) is 4.73. The fourth-order valence-electron chi connectivity index (χ4n) is 2.58. The number of halogens is 2. The first kappa shape index (κ1) is 18.8. The minimum absolute atomic E-state index is 0.00179. The van der Waals surface area contributed by atoms with E-state index in [0.29, 0.717) is 10.0 Å². The van der Waals surface area contributed by atoms with Crippen LogP contribution in [0.1, 0.15) is 31.0 Å². The average Bonchev–Trinajstić information content (AvgIpc) is 2.54. The number of amides is 1. The third-order valence-electron chi connectivity index (χ3n) is 4.14. The Labute approximate surface area is 153 Å². The number of aryl methyl sites for hydroxylation is 1. The number of nitrogens with zero attached hydrogens (tertiary/aromatic N) is 1. The van der Waals surface area contributed by atoms with Gasteiger partial charge in [0, 0.05) is 21.8 Å². The van der Waals surface area contributed by atoms with Crippen molar-refractivity contribution in [2.24, 2.45) is 0 Å². The summed E-state index contributed by atoms with van der Waals surface area (Å²) in [5.74, 6) is -0.0460. The molecule has 0 saturated carbocycles. The summed E-state index contributed by atoms with van der Waals surface area (Å²) in [5.41, 5.74) is 2.95. The Kier molecular flexibility index (Phi) is 6.67. The third-order valence-corrected chi connectivity index (χ3v) is 4.70. The fourth-order valence-corrected chi connectivity index (χ4v) is 3.15. The van der Waals surface area contributed by atoms with E-state index in [9.17, 15) is 4.79 Å². The van der Waals surface area contributed by atoms with Crippen LogP contribution in [0.25, 0.3) is 0 Å². The highest BCUT2D eigenvalue weighted by Gasteiger charge is 2.18. The van der Waals surface area contributed by atoms with Crippen molar-refractivity contribution in [3.63, 3.8) is 0 Å². The maximum atomic E-state index is 12.4. The van der Waals surface area contributed by atoms with Gasteiger partial charge in [0.05, 0.1) is 6.54 Å². The predicted octanol–water partition coefficient (Wildman–Crippen LogP) is 5.19. The molecule has 0 spiro atoms. The highest BCUT2D eigenvalue weighted by atomic mass is 35.5. The number of likely N-dealkylation sites (N-methyl/N-ethyl adjacent to an activating group) is 1. The molecule has 1 N–H and O–H groups in total. The van der Waals surface area contributed by atoms with Crippen LogP contribution in [0, 0.1) is 0 Å². The summed E-state index contributed by atoms with van der Waals surface area (Å²) in [4.78, 5) is 14.3. The zero-order chi connectivity index (χ0) is 17.7. The van der Waals surface area contributed by atoms with E-state index >= 15 is 0 Å². The minimum atomic E-state index is -0.0460. The molecule has 1 unspecified atom stereocenters. The Hall–Kier alpha value is -1.55. The molecule has 1 amide bonds. The van der Waals surface area contributed by atoms with Crippen molar-refractivity contribution in [2.45, 2.75) is 26.3 Å². The Balaban J connectivity index is 2.03. The van der Waals surface area contributed by atoms with Crippen molar-refractivity contribution in [3.05, 3.63) is 63.6 Å². The first-order chi connectivity index (χ1) is 11.4. The van der Waals surface area contributed by atoms with Gasteiger partial charge < -0.3 is 5.32 Å². The summed E-state index contributed by atoms with van der Waals surface area (Å²) in [6.45, 7) is 4.36. The van der Waals surface area contributed by atoms with E-state index in [0.717, 1.165) is 23.2 Å². The number of para-hydroxylation sites is 1. The molecule has 128 valence electrons. The van der Waals surface area contributed by atoms with E-state index in [-0.39, 0.29) is 18.5 Å². The van der Waals surface area contributed by atoms with Gasteiger partial charge >= 0.3 is 0 Å². The first-order valence-electron chi connectivity index (χ1n) is 7.95. The van der Waals surface area contributed by atoms with Crippen molar-refractivity contribution in [1.82, 2.24) is 4.90 Å². The lowest BCUT2D eigenvalue weighted by Crippen LogP contribution is -2.32. The Morgan fingerprint density at radius 3 is 2.58 bits per heavy atom. The second-order valence-corrected chi connectivity index (χ2v) is 6.66. The minimum Gasteiger partial charge on any atom is -0.325 e. The van der Waals surface area contributed by atoms with E-state index in [1.807, 2.05) is 55.3 Å². The molecule has 0 aliphatic carbocycles. The van der Waals surface area contributed by atoms with Crippen molar-refractivity contribution in [2.75, 3.05) is 18.9 Å². The van der Waals surface area contributed by atoms with Crippen LogP contribution in [0.3, 0.4) is 0 Å². The lowest BCUT2D eigenvalue weighted by Gasteiger charge is -2.25. The van der Waals surface area contributed by atoms with Gasteiger partial charge in [0.2, 0.25) is 5.91 Å². The lowest BCUT2D eigenvalue weighted by molar-refractivity contribution is -0.117. The van der Waals surface area contributed by atoms with Gasteiger partial charge in [-0.3, -0.25) is 9.69 Å². The van der Waals surface area contributed by atoms with E-state index < -0.39 is 0 Å². The average molecular weight is 365 g/mol. The van der Waals surface area contributed by atoms with Crippen LogP contribution in [-0.2, 0) is 11.2 Å². The second kappa shape index (κ2) is 8.52. The monoisotopic (exact) mass is 364 g/mol. The van der Waals surface area contributed by atoms with Gasteiger partial charge in [0.15, 0.2) is 0 Å². The number of anilines is 1. The summed E-state index contributed by atoms with van der Waals surface area (Å²) in [6, 6.07) is 13.3. The quantitative estimate of drug-likeness (QED) is 0.764. The number of carbonyl (C=O) groups excluding carboxylic acids is 1. The van der Waals surface area contributed by atoms with Gasteiger partial charge in [-0.05, 0) is 49.7 Å². The predicted molar refractivity (Wildman–Crippen MR) is 102 cm³/mol. The van der Waals surface area contributed by atoms with Crippen molar-refractivity contribution in [1.29, 1.82) is 0 Å². The molecule has 2 aromatic carbocycles. The molecule has 24 heavy (non-hydrogen) atoms. The Morgan fingerprint density at radius 2 is 1.92 bits per heavy atom. The first-order valence-corrected chi connectivity index (χ1v) is 8.71. The number of hydrogen-bond donors (Lipinski definition) is 1. The van der Waals surface area contributed by atoms with E-state index in [1.165, 1.54) is 0 Å². The molecule has 0 fully saturated rings. The zero-order valence-electron chi connectivity index (χ0n) is 14.1. The summed E-state index contributed by atoms with van der Waals surface area (Å²) in [5, 5.41) is 4.20. The molecule has 0 saturated heterocycles. The molecule has 1 atom stereocenters. The van der Waals surface area contributed by atoms with Gasteiger partial charge in [-0.2, -0.15) is 0 Å². The Bertz CT molecular complexity index is 718. The highest BCUT2D eigenvalue weighted by molar-refractivity contribution is 6.35. The smallest absolute Gasteiger partial charge is 0.238 e. The molecule has 2 rings (SSSR count). The normalized spacial score (nSPS) is 12.2. The molecule has 0 radical (unpaired) electrons. The van der Waals surface area contributed by atoms with Crippen LogP contribution in [-0.4, -0.2) is 24.4 Å². The molecule has 0 aliphatic rings. The second-order valence-electron chi connectivity index (χ2n) is 5.82. The van der Waals surface area contributed by atoms with Crippen LogP contribution in [0.2, 0.25) is 10.0 Å². The van der Waals surface area contributed by atoms with Crippen LogP contribution >= 0.6 is 23.2 Å². The zero-order valence-corrected chi connectivity index (χ0v) is 15.7. The van der Waals surface area contributed by atoms with E-state index in [1.54, 1.807) is 6.07 Å². The molecule has 2 aromatic rings. The summed E-state index contributed by atoms with van der Waals surface area (Å²) < 4.78 is 0. The van der Waals surface area contributed by atoms with Crippen LogP contribution < -0.4 is 5.32 Å². The number of nitrogens with one attached hydrogen (secondary N) is 1. The summed E-state index contributed by atoms with van der Waals surface area (Å²) in [6.07, 6.45) is 0.878. The van der Waals surface area contributed by atoms with Gasteiger partial charge in [-0.15, -0.1) is 0 Å². The van der Waals surface area contributed by atoms with E-state index in [4.69, 9.17) is 23.2 Å². The van der Waals surface area contributed by atoms with Crippen molar-refractivity contribution >= 4 is 34.8 Å². The molecule has 0 bridgehead atoms. The lowest BCUT2D eigenvalue weighted by atomic mass is 10.1. The highest BCUT2D eigenvalue weighted by Crippen LogP contribution is 2.29. The topological polar surface area (TPSA) is 32.3 Å². The maximum Gasteiger partial charge on any atom is 0.238 e. The van der Waals surface area contributed by atoms with Crippen molar-refractivity contribution < 1.29 is 4.79 Å². The molecule has 3 nitrogen and oxygen atoms in total. The van der Waals surface area contributed by atoms with Crippen molar-refractivity contribution in [3.8, 4) is 0 Å².